The summed E-state index contributed by atoms with van der Waals surface area (Å²) in [7, 11) is 0. The van der Waals surface area contributed by atoms with E-state index in [2.05, 4.69) is 17.2 Å². The van der Waals surface area contributed by atoms with Gasteiger partial charge in [-0.3, -0.25) is 0 Å². The highest BCUT2D eigenvalue weighted by molar-refractivity contribution is 7.15. The van der Waals surface area contributed by atoms with Crippen LogP contribution in [0.3, 0.4) is 0 Å². The Morgan fingerprint density at radius 3 is 2.78 bits per heavy atom. The summed E-state index contributed by atoms with van der Waals surface area (Å²) < 4.78 is 5.64. The summed E-state index contributed by atoms with van der Waals surface area (Å²) in [5.74, 6) is 0. The highest BCUT2D eigenvalue weighted by atomic mass is 35.5. The van der Waals surface area contributed by atoms with E-state index in [-0.39, 0.29) is 0 Å². The molecule has 0 aliphatic carbocycles. The zero-order valence-electron chi connectivity index (χ0n) is 10.1. The Morgan fingerprint density at radius 2 is 2.06 bits per heavy atom. The summed E-state index contributed by atoms with van der Waals surface area (Å²) in [6.07, 6.45) is 1.85. The number of hydrogen-bond donors (Lipinski definition) is 1. The first-order valence-corrected chi connectivity index (χ1v) is 6.98. The van der Waals surface area contributed by atoms with E-state index >= 15 is 0 Å². The lowest BCUT2D eigenvalue weighted by molar-refractivity contribution is 0.109. The number of benzene rings is 1. The van der Waals surface area contributed by atoms with Crippen LogP contribution in [0.25, 0.3) is 0 Å². The van der Waals surface area contributed by atoms with E-state index in [1.807, 2.05) is 30.5 Å². The molecule has 0 unspecified atom stereocenters. The van der Waals surface area contributed by atoms with E-state index in [0.717, 1.165) is 27.1 Å². The first-order chi connectivity index (χ1) is 8.78. The molecule has 0 spiro atoms. The van der Waals surface area contributed by atoms with Gasteiger partial charge >= 0.3 is 0 Å². The van der Waals surface area contributed by atoms with Gasteiger partial charge in [-0.05, 0) is 24.6 Å². The Hall–Kier alpha value is -1.10. The predicted octanol–water partition coefficient (Wildman–Crippen LogP) is 3.95. The third-order valence-electron chi connectivity index (χ3n) is 2.31. The quantitative estimate of drug-likeness (QED) is 0.871. The molecule has 1 heterocycles. The van der Waals surface area contributed by atoms with Gasteiger partial charge in [0.25, 0.3) is 0 Å². The molecule has 5 heteroatoms. The normalized spacial score (nSPS) is 10.6. The lowest BCUT2D eigenvalue weighted by Crippen LogP contribution is -1.94. The third kappa shape index (κ3) is 3.98. The maximum absolute atomic E-state index is 5.82. The second-order valence-corrected chi connectivity index (χ2v) is 5.33. The summed E-state index contributed by atoms with van der Waals surface area (Å²) in [4.78, 5) is 5.38. The molecule has 1 N–H and O–H groups in total. The molecule has 0 fully saturated rings. The number of ether oxygens (including phenoxy) is 1. The highest BCUT2D eigenvalue weighted by Crippen LogP contribution is 2.19. The molecule has 0 amide bonds. The van der Waals surface area contributed by atoms with Crippen molar-refractivity contribution in [2.45, 2.75) is 20.1 Å². The van der Waals surface area contributed by atoms with Crippen LogP contribution in [0.2, 0.25) is 5.02 Å². The molecule has 0 aliphatic rings. The molecule has 1 aromatic heterocycles. The number of aromatic nitrogens is 1. The van der Waals surface area contributed by atoms with Gasteiger partial charge in [-0.1, -0.05) is 35.1 Å². The second kappa shape index (κ2) is 6.73. The molecule has 0 aliphatic heterocycles. The third-order valence-corrected chi connectivity index (χ3v) is 3.49. The monoisotopic (exact) mass is 282 g/mol. The molecule has 2 rings (SSSR count). The van der Waals surface area contributed by atoms with Gasteiger partial charge in [0.05, 0.1) is 18.1 Å². The average molecular weight is 283 g/mol. The first-order valence-electron chi connectivity index (χ1n) is 5.78. The highest BCUT2D eigenvalue weighted by Gasteiger charge is 2.01. The summed E-state index contributed by atoms with van der Waals surface area (Å²) in [6, 6.07) is 7.69. The maximum atomic E-state index is 5.82. The number of rotatable bonds is 6. The van der Waals surface area contributed by atoms with Crippen molar-refractivity contribution in [3.63, 3.8) is 0 Å². The zero-order valence-corrected chi connectivity index (χ0v) is 11.7. The van der Waals surface area contributed by atoms with Crippen LogP contribution >= 0.6 is 22.9 Å². The van der Waals surface area contributed by atoms with Crippen LogP contribution < -0.4 is 5.32 Å². The molecule has 1 aromatic carbocycles. The molecule has 2 aromatic rings. The van der Waals surface area contributed by atoms with Crippen molar-refractivity contribution < 1.29 is 4.74 Å². The SMILES string of the molecule is CCNc1ncc(COCc2ccc(Cl)cc2)s1. The fourth-order valence-corrected chi connectivity index (χ4v) is 2.40. The van der Waals surface area contributed by atoms with Crippen LogP contribution in [0.4, 0.5) is 5.13 Å². The summed E-state index contributed by atoms with van der Waals surface area (Å²) >= 11 is 7.45. The molecule has 18 heavy (non-hydrogen) atoms. The van der Waals surface area contributed by atoms with Gasteiger partial charge in [0.1, 0.15) is 0 Å². The number of anilines is 1. The lowest BCUT2D eigenvalue weighted by Gasteiger charge is -2.02. The Kier molecular flexibility index (Phi) is 4.99. The largest absolute Gasteiger partial charge is 0.371 e. The number of thiazole rings is 1. The van der Waals surface area contributed by atoms with E-state index in [4.69, 9.17) is 16.3 Å². The fraction of sp³-hybridized carbons (Fsp3) is 0.308. The van der Waals surface area contributed by atoms with Gasteiger partial charge < -0.3 is 10.1 Å². The van der Waals surface area contributed by atoms with Crippen LogP contribution in [0.15, 0.2) is 30.5 Å². The Labute approximate surface area is 116 Å². The number of nitrogens with zero attached hydrogens (tertiary/aromatic N) is 1. The van der Waals surface area contributed by atoms with Gasteiger partial charge in [0.15, 0.2) is 5.13 Å². The Bertz CT molecular complexity index is 484. The van der Waals surface area contributed by atoms with Crippen molar-refractivity contribution in [1.29, 1.82) is 0 Å². The summed E-state index contributed by atoms with van der Waals surface area (Å²) in [6.45, 7) is 4.12. The van der Waals surface area contributed by atoms with Crippen LogP contribution in [0.5, 0.6) is 0 Å². The molecule has 0 bridgehead atoms. The van der Waals surface area contributed by atoms with Crippen molar-refractivity contribution in [3.05, 3.63) is 45.9 Å². The van der Waals surface area contributed by atoms with E-state index in [1.54, 1.807) is 11.3 Å². The van der Waals surface area contributed by atoms with E-state index in [0.29, 0.717) is 13.2 Å². The predicted molar refractivity (Wildman–Crippen MR) is 76.2 cm³/mol. The van der Waals surface area contributed by atoms with Gasteiger partial charge in [-0.15, -0.1) is 0 Å². The van der Waals surface area contributed by atoms with Crippen LogP contribution in [-0.4, -0.2) is 11.5 Å². The Balaban J connectivity index is 1.79. The van der Waals surface area contributed by atoms with Crippen molar-refractivity contribution in [3.8, 4) is 0 Å². The van der Waals surface area contributed by atoms with Crippen molar-refractivity contribution in [2.75, 3.05) is 11.9 Å². The minimum Gasteiger partial charge on any atom is -0.371 e. The van der Waals surface area contributed by atoms with Crippen LogP contribution in [-0.2, 0) is 18.0 Å². The average Bonchev–Trinajstić information content (AvgIpc) is 2.80. The zero-order chi connectivity index (χ0) is 12.8. The van der Waals surface area contributed by atoms with E-state index < -0.39 is 0 Å². The van der Waals surface area contributed by atoms with Crippen molar-refractivity contribution >= 4 is 28.1 Å². The smallest absolute Gasteiger partial charge is 0.182 e. The number of nitrogens with one attached hydrogen (secondary N) is 1. The van der Waals surface area contributed by atoms with Gasteiger partial charge in [0, 0.05) is 17.8 Å². The van der Waals surface area contributed by atoms with E-state index in [9.17, 15) is 0 Å². The fourth-order valence-electron chi connectivity index (χ4n) is 1.46. The molecule has 0 saturated heterocycles. The summed E-state index contributed by atoms with van der Waals surface area (Å²) in [5, 5.41) is 4.87. The maximum Gasteiger partial charge on any atom is 0.182 e. The molecule has 0 saturated carbocycles. The number of halogens is 1. The standard InChI is InChI=1S/C13H15ClN2OS/c1-2-15-13-16-7-12(18-13)9-17-8-10-3-5-11(14)6-4-10/h3-7H,2,8-9H2,1H3,(H,15,16). The summed E-state index contributed by atoms with van der Waals surface area (Å²) in [5.41, 5.74) is 1.12. The van der Waals surface area contributed by atoms with Crippen molar-refractivity contribution in [2.24, 2.45) is 0 Å². The Morgan fingerprint density at radius 1 is 1.28 bits per heavy atom. The molecule has 3 nitrogen and oxygen atoms in total. The van der Waals surface area contributed by atoms with Crippen LogP contribution in [0.1, 0.15) is 17.4 Å². The van der Waals surface area contributed by atoms with Gasteiger partial charge in [-0.25, -0.2) is 4.98 Å². The van der Waals surface area contributed by atoms with Crippen LogP contribution in [0, 0.1) is 0 Å². The number of hydrogen-bond acceptors (Lipinski definition) is 4. The minimum absolute atomic E-state index is 0.589. The van der Waals surface area contributed by atoms with Crippen molar-refractivity contribution in [1.82, 2.24) is 4.98 Å². The molecular weight excluding hydrogens is 268 g/mol. The molecule has 0 atom stereocenters. The van der Waals surface area contributed by atoms with Gasteiger partial charge in [-0.2, -0.15) is 0 Å². The molecule has 0 radical (unpaired) electrons. The molecule has 96 valence electrons. The molecular formula is C13H15ClN2OS. The minimum atomic E-state index is 0.589. The first kappa shape index (κ1) is 13.3. The topological polar surface area (TPSA) is 34.2 Å². The second-order valence-electron chi connectivity index (χ2n) is 3.78. The lowest BCUT2D eigenvalue weighted by atomic mass is 10.2. The van der Waals surface area contributed by atoms with Gasteiger partial charge in [0.2, 0.25) is 0 Å². The van der Waals surface area contributed by atoms with E-state index in [1.165, 1.54) is 0 Å².